The van der Waals surface area contributed by atoms with Crippen molar-refractivity contribution in [2.45, 2.75) is 25.7 Å². The molecule has 0 amide bonds. The Morgan fingerprint density at radius 2 is 1.75 bits per heavy atom. The van der Waals surface area contributed by atoms with E-state index in [0.717, 1.165) is 29.9 Å². The van der Waals surface area contributed by atoms with Crippen LogP contribution < -0.4 is 15.2 Å². The van der Waals surface area contributed by atoms with Gasteiger partial charge < -0.3 is 15.2 Å². The van der Waals surface area contributed by atoms with Gasteiger partial charge in [-0.15, -0.1) is 0 Å². The lowest BCUT2D eigenvalue weighted by Crippen LogP contribution is -2.22. The Balaban J connectivity index is 2.02. The van der Waals surface area contributed by atoms with Gasteiger partial charge in [-0.2, -0.15) is 0 Å². The molecular weight excluding hydrogens is 300 g/mol. The van der Waals surface area contributed by atoms with Crippen LogP contribution in [0, 0.1) is 0 Å². The smallest absolute Gasteiger partial charge is 0.160 e. The van der Waals surface area contributed by atoms with Crippen LogP contribution in [-0.4, -0.2) is 26.6 Å². The number of hydrogen-bond acceptors (Lipinski definition) is 3. The van der Waals surface area contributed by atoms with Crippen molar-refractivity contribution in [2.75, 3.05) is 20.8 Å². The molecule has 2 rings (SSSR count). The molecule has 0 radical (unpaired) electrons. The molecule has 24 heavy (non-hydrogen) atoms. The van der Waals surface area contributed by atoms with Crippen LogP contribution in [0.15, 0.2) is 53.5 Å². The molecule has 0 fully saturated rings. The monoisotopic (exact) mass is 326 g/mol. The van der Waals surface area contributed by atoms with Gasteiger partial charge in [0.1, 0.15) is 5.84 Å². The first-order valence-corrected chi connectivity index (χ1v) is 8.25. The number of benzene rings is 2. The van der Waals surface area contributed by atoms with Crippen molar-refractivity contribution < 1.29 is 9.47 Å². The Morgan fingerprint density at radius 1 is 1.04 bits per heavy atom. The predicted octanol–water partition coefficient (Wildman–Crippen LogP) is 3.80. The van der Waals surface area contributed by atoms with Gasteiger partial charge in [0.05, 0.1) is 14.2 Å². The lowest BCUT2D eigenvalue weighted by molar-refractivity contribution is 0.354. The van der Waals surface area contributed by atoms with Crippen molar-refractivity contribution in [3.8, 4) is 11.5 Å². The molecule has 0 aliphatic rings. The highest BCUT2D eigenvalue weighted by molar-refractivity contribution is 5.87. The van der Waals surface area contributed by atoms with E-state index < -0.39 is 0 Å². The van der Waals surface area contributed by atoms with Gasteiger partial charge in [-0.05, 0) is 36.1 Å². The maximum absolute atomic E-state index is 6.23. The van der Waals surface area contributed by atoms with E-state index in [-0.39, 0.29) is 5.92 Å². The zero-order valence-corrected chi connectivity index (χ0v) is 14.7. The number of hydrogen-bond donors (Lipinski definition) is 1. The summed E-state index contributed by atoms with van der Waals surface area (Å²) >= 11 is 0. The summed E-state index contributed by atoms with van der Waals surface area (Å²) in [4.78, 5) is 4.59. The summed E-state index contributed by atoms with van der Waals surface area (Å²) in [5, 5.41) is 0. The van der Waals surface area contributed by atoms with Gasteiger partial charge in [0.2, 0.25) is 0 Å². The van der Waals surface area contributed by atoms with E-state index >= 15 is 0 Å². The third-order valence-corrected chi connectivity index (χ3v) is 4.11. The largest absolute Gasteiger partial charge is 0.493 e. The topological polar surface area (TPSA) is 56.8 Å². The zero-order valence-electron chi connectivity index (χ0n) is 14.7. The molecule has 128 valence electrons. The molecule has 0 aromatic heterocycles. The molecule has 0 bridgehead atoms. The number of ether oxygens (including phenoxy) is 2. The van der Waals surface area contributed by atoms with Gasteiger partial charge in [0.25, 0.3) is 0 Å². The van der Waals surface area contributed by atoms with Gasteiger partial charge in [-0.1, -0.05) is 43.3 Å². The molecular formula is C20H26N2O2. The SMILES string of the molecule is CC[C@@H](C(N)=NCCc1ccc(OC)c(OC)c1)c1ccccc1. The fourth-order valence-corrected chi connectivity index (χ4v) is 2.76. The van der Waals surface area contributed by atoms with E-state index in [4.69, 9.17) is 15.2 Å². The van der Waals surface area contributed by atoms with Crippen LogP contribution in [0.1, 0.15) is 30.4 Å². The summed E-state index contributed by atoms with van der Waals surface area (Å²) in [6.07, 6.45) is 1.75. The highest BCUT2D eigenvalue weighted by Crippen LogP contribution is 2.27. The second-order valence-electron chi connectivity index (χ2n) is 5.62. The number of nitrogens with two attached hydrogens (primary N) is 1. The fourth-order valence-electron chi connectivity index (χ4n) is 2.76. The fraction of sp³-hybridized carbons (Fsp3) is 0.350. The molecule has 2 aromatic rings. The molecule has 0 unspecified atom stereocenters. The van der Waals surface area contributed by atoms with Crippen LogP contribution in [-0.2, 0) is 6.42 Å². The lowest BCUT2D eigenvalue weighted by Gasteiger charge is -2.15. The third kappa shape index (κ3) is 4.51. The average Bonchev–Trinajstić information content (AvgIpc) is 2.63. The maximum atomic E-state index is 6.23. The highest BCUT2D eigenvalue weighted by atomic mass is 16.5. The third-order valence-electron chi connectivity index (χ3n) is 4.11. The minimum atomic E-state index is 0.177. The molecule has 0 aliphatic heterocycles. The average molecular weight is 326 g/mol. The summed E-state index contributed by atoms with van der Waals surface area (Å²) in [5.41, 5.74) is 8.60. The van der Waals surface area contributed by atoms with E-state index in [0.29, 0.717) is 12.4 Å². The number of aliphatic imine (C=N–C) groups is 1. The predicted molar refractivity (Wildman–Crippen MR) is 99.2 cm³/mol. The van der Waals surface area contributed by atoms with E-state index in [2.05, 4.69) is 24.0 Å². The van der Waals surface area contributed by atoms with Crippen molar-refractivity contribution in [1.82, 2.24) is 0 Å². The minimum Gasteiger partial charge on any atom is -0.493 e. The van der Waals surface area contributed by atoms with Crippen molar-refractivity contribution in [3.63, 3.8) is 0 Å². The molecule has 1 atom stereocenters. The number of rotatable bonds is 8. The van der Waals surface area contributed by atoms with Crippen LogP contribution in [0.5, 0.6) is 11.5 Å². The first-order chi connectivity index (χ1) is 11.7. The van der Waals surface area contributed by atoms with Gasteiger partial charge in [-0.25, -0.2) is 0 Å². The Morgan fingerprint density at radius 3 is 2.38 bits per heavy atom. The first kappa shape index (κ1) is 17.9. The molecule has 4 heteroatoms. The number of methoxy groups -OCH3 is 2. The summed E-state index contributed by atoms with van der Waals surface area (Å²) in [6, 6.07) is 16.2. The maximum Gasteiger partial charge on any atom is 0.160 e. The van der Waals surface area contributed by atoms with Gasteiger partial charge in [-0.3, -0.25) is 4.99 Å². The summed E-state index contributed by atoms with van der Waals surface area (Å²) < 4.78 is 10.6. The summed E-state index contributed by atoms with van der Waals surface area (Å²) in [5.74, 6) is 2.35. The van der Waals surface area contributed by atoms with Gasteiger partial charge in [0.15, 0.2) is 11.5 Å². The molecule has 0 saturated heterocycles. The Kier molecular flexibility index (Phi) is 6.67. The van der Waals surface area contributed by atoms with E-state index in [1.807, 2.05) is 36.4 Å². The molecule has 0 saturated carbocycles. The number of amidine groups is 1. The van der Waals surface area contributed by atoms with Crippen LogP contribution in [0.25, 0.3) is 0 Å². The standard InChI is InChI=1S/C20H26N2O2/c1-4-17(16-8-6-5-7-9-16)20(21)22-13-12-15-10-11-18(23-2)19(14-15)24-3/h5-11,14,17H,4,12-13H2,1-3H3,(H2,21,22)/t17-/m1/s1. The minimum absolute atomic E-state index is 0.177. The molecule has 2 N–H and O–H groups in total. The normalized spacial score (nSPS) is 12.7. The van der Waals surface area contributed by atoms with Crippen molar-refractivity contribution in [2.24, 2.45) is 10.7 Å². The molecule has 0 heterocycles. The Bertz CT molecular complexity index is 669. The van der Waals surface area contributed by atoms with Gasteiger partial charge >= 0.3 is 0 Å². The van der Waals surface area contributed by atoms with Crippen LogP contribution in [0.3, 0.4) is 0 Å². The molecule has 0 spiro atoms. The second kappa shape index (κ2) is 8.96. The molecule has 4 nitrogen and oxygen atoms in total. The van der Waals surface area contributed by atoms with Crippen LogP contribution in [0.2, 0.25) is 0 Å². The molecule has 0 aliphatic carbocycles. The van der Waals surface area contributed by atoms with Crippen LogP contribution >= 0.6 is 0 Å². The lowest BCUT2D eigenvalue weighted by atomic mass is 9.95. The number of nitrogens with zero attached hydrogens (tertiary/aromatic N) is 1. The summed E-state index contributed by atoms with van der Waals surface area (Å²) in [6.45, 7) is 2.79. The second-order valence-corrected chi connectivity index (χ2v) is 5.62. The first-order valence-electron chi connectivity index (χ1n) is 8.25. The summed E-state index contributed by atoms with van der Waals surface area (Å²) in [7, 11) is 3.28. The quantitative estimate of drug-likeness (QED) is 0.593. The van der Waals surface area contributed by atoms with E-state index in [1.165, 1.54) is 5.56 Å². The van der Waals surface area contributed by atoms with Crippen LogP contribution in [0.4, 0.5) is 0 Å². The highest BCUT2D eigenvalue weighted by Gasteiger charge is 2.13. The van der Waals surface area contributed by atoms with Crippen molar-refractivity contribution >= 4 is 5.84 Å². The van der Waals surface area contributed by atoms with Crippen molar-refractivity contribution in [3.05, 3.63) is 59.7 Å². The Hall–Kier alpha value is -2.49. The van der Waals surface area contributed by atoms with Gasteiger partial charge in [0, 0.05) is 12.5 Å². The van der Waals surface area contributed by atoms with E-state index in [9.17, 15) is 0 Å². The van der Waals surface area contributed by atoms with Crippen molar-refractivity contribution in [1.29, 1.82) is 0 Å². The molecule has 2 aromatic carbocycles. The Labute approximate surface area is 144 Å². The van der Waals surface area contributed by atoms with E-state index in [1.54, 1.807) is 14.2 Å². The zero-order chi connectivity index (χ0) is 17.4.